The van der Waals surface area contributed by atoms with E-state index in [0.29, 0.717) is 22.6 Å². The highest BCUT2D eigenvalue weighted by atomic mass is 19.1. The number of anilines is 1. The Balaban J connectivity index is 1.57. The summed E-state index contributed by atoms with van der Waals surface area (Å²) >= 11 is 0. The van der Waals surface area contributed by atoms with Crippen molar-refractivity contribution in [3.05, 3.63) is 95.3 Å². The fraction of sp³-hybridized carbons (Fsp3) is 0.125. The van der Waals surface area contributed by atoms with Crippen LogP contribution in [0.4, 0.5) is 10.1 Å². The van der Waals surface area contributed by atoms with Crippen molar-refractivity contribution in [3.63, 3.8) is 0 Å². The summed E-state index contributed by atoms with van der Waals surface area (Å²) in [5.74, 6) is -1.15. The highest BCUT2D eigenvalue weighted by molar-refractivity contribution is 5.95. The smallest absolute Gasteiger partial charge is 0.308 e. The Morgan fingerprint density at radius 3 is 2.42 bits per heavy atom. The second-order valence-electron chi connectivity index (χ2n) is 6.86. The molecule has 3 aromatic rings. The van der Waals surface area contributed by atoms with E-state index in [1.54, 1.807) is 48.5 Å². The third-order valence-electron chi connectivity index (χ3n) is 4.28. The van der Waals surface area contributed by atoms with E-state index in [4.69, 9.17) is 4.74 Å². The average molecular weight is 420 g/mol. The maximum atomic E-state index is 13.3. The van der Waals surface area contributed by atoms with E-state index < -0.39 is 5.97 Å². The minimum atomic E-state index is -0.464. The maximum Gasteiger partial charge on any atom is 0.308 e. The summed E-state index contributed by atoms with van der Waals surface area (Å²) in [5, 5.41) is 5.56. The van der Waals surface area contributed by atoms with Crippen LogP contribution in [0.25, 0.3) is 0 Å². The van der Waals surface area contributed by atoms with Crippen molar-refractivity contribution in [2.75, 3.05) is 5.32 Å². The van der Waals surface area contributed by atoms with Gasteiger partial charge in [-0.1, -0.05) is 30.3 Å². The minimum Gasteiger partial charge on any atom is -0.427 e. The monoisotopic (exact) mass is 420 g/mol. The second kappa shape index (κ2) is 10.2. The summed E-state index contributed by atoms with van der Waals surface area (Å²) in [5.41, 5.74) is 2.30. The van der Waals surface area contributed by atoms with Gasteiger partial charge in [0, 0.05) is 24.7 Å². The van der Waals surface area contributed by atoms with E-state index in [-0.39, 0.29) is 30.6 Å². The normalized spacial score (nSPS) is 10.3. The molecule has 158 valence electrons. The molecule has 0 fully saturated rings. The van der Waals surface area contributed by atoms with Gasteiger partial charge in [0.05, 0.1) is 6.42 Å². The number of esters is 1. The van der Waals surface area contributed by atoms with Gasteiger partial charge in [-0.15, -0.1) is 0 Å². The van der Waals surface area contributed by atoms with Gasteiger partial charge in [0.15, 0.2) is 0 Å². The quantitative estimate of drug-likeness (QED) is 0.449. The molecule has 0 saturated carbocycles. The highest BCUT2D eigenvalue weighted by Crippen LogP contribution is 2.15. The van der Waals surface area contributed by atoms with E-state index in [1.165, 1.54) is 25.1 Å². The molecular weight excluding hydrogens is 399 g/mol. The summed E-state index contributed by atoms with van der Waals surface area (Å²) in [6.45, 7) is 1.53. The molecule has 0 unspecified atom stereocenters. The molecule has 0 spiro atoms. The van der Waals surface area contributed by atoms with Crippen LogP contribution >= 0.6 is 0 Å². The van der Waals surface area contributed by atoms with E-state index >= 15 is 0 Å². The lowest BCUT2D eigenvalue weighted by Gasteiger charge is -2.10. The molecule has 2 amide bonds. The van der Waals surface area contributed by atoms with Gasteiger partial charge in [-0.3, -0.25) is 14.4 Å². The van der Waals surface area contributed by atoms with Crippen LogP contribution in [-0.4, -0.2) is 17.8 Å². The van der Waals surface area contributed by atoms with Crippen molar-refractivity contribution in [3.8, 4) is 5.75 Å². The number of carbonyl (C=O) groups excluding carboxylic acids is 3. The molecule has 0 saturated heterocycles. The third-order valence-corrected chi connectivity index (χ3v) is 4.28. The summed E-state index contributed by atoms with van der Waals surface area (Å²) in [7, 11) is 0. The third kappa shape index (κ3) is 6.78. The lowest BCUT2D eigenvalue weighted by Crippen LogP contribution is -2.23. The molecule has 0 aliphatic heterocycles. The standard InChI is InChI=1S/C24H21FN2O4/c1-16(28)31-22-10-4-7-19(14-22)24(30)26-15-18-6-3-9-21(12-18)27-23(29)13-17-5-2-8-20(25)11-17/h2-12,14H,13,15H2,1H3,(H,26,30)(H,27,29). The van der Waals surface area contributed by atoms with E-state index in [2.05, 4.69) is 10.6 Å². The maximum absolute atomic E-state index is 13.3. The van der Waals surface area contributed by atoms with Gasteiger partial charge < -0.3 is 15.4 Å². The van der Waals surface area contributed by atoms with Gasteiger partial charge in [0.25, 0.3) is 5.91 Å². The molecule has 0 atom stereocenters. The van der Waals surface area contributed by atoms with Crippen molar-refractivity contribution in [1.82, 2.24) is 5.32 Å². The van der Waals surface area contributed by atoms with Crippen LogP contribution in [0.15, 0.2) is 72.8 Å². The zero-order valence-corrected chi connectivity index (χ0v) is 16.9. The molecule has 7 heteroatoms. The van der Waals surface area contributed by atoms with E-state index in [9.17, 15) is 18.8 Å². The number of nitrogens with one attached hydrogen (secondary N) is 2. The van der Waals surface area contributed by atoms with Gasteiger partial charge in [-0.25, -0.2) is 4.39 Å². The molecule has 0 aliphatic carbocycles. The van der Waals surface area contributed by atoms with Gasteiger partial charge in [-0.05, 0) is 53.6 Å². The van der Waals surface area contributed by atoms with Gasteiger partial charge in [0.2, 0.25) is 5.91 Å². The highest BCUT2D eigenvalue weighted by Gasteiger charge is 2.09. The first-order chi connectivity index (χ1) is 14.9. The van der Waals surface area contributed by atoms with Crippen molar-refractivity contribution < 1.29 is 23.5 Å². The first-order valence-electron chi connectivity index (χ1n) is 9.59. The average Bonchev–Trinajstić information content (AvgIpc) is 2.72. The Morgan fingerprint density at radius 2 is 1.65 bits per heavy atom. The number of amides is 2. The largest absolute Gasteiger partial charge is 0.427 e. The van der Waals surface area contributed by atoms with E-state index in [0.717, 1.165) is 5.56 Å². The Hall–Kier alpha value is -4.00. The summed E-state index contributed by atoms with van der Waals surface area (Å²) in [4.78, 5) is 35.7. The van der Waals surface area contributed by atoms with Crippen LogP contribution in [0.5, 0.6) is 5.75 Å². The molecule has 0 aliphatic rings. The van der Waals surface area contributed by atoms with Crippen molar-refractivity contribution in [2.45, 2.75) is 19.9 Å². The minimum absolute atomic E-state index is 0.0530. The number of rotatable bonds is 7. The fourth-order valence-corrected chi connectivity index (χ4v) is 2.95. The van der Waals surface area contributed by atoms with Gasteiger partial charge in [0.1, 0.15) is 11.6 Å². The van der Waals surface area contributed by atoms with Crippen molar-refractivity contribution in [2.24, 2.45) is 0 Å². The Morgan fingerprint density at radius 1 is 0.903 bits per heavy atom. The zero-order chi connectivity index (χ0) is 22.2. The van der Waals surface area contributed by atoms with Crippen LogP contribution in [0.2, 0.25) is 0 Å². The zero-order valence-electron chi connectivity index (χ0n) is 16.9. The van der Waals surface area contributed by atoms with Crippen LogP contribution in [0, 0.1) is 5.82 Å². The number of hydrogen-bond acceptors (Lipinski definition) is 4. The topological polar surface area (TPSA) is 84.5 Å². The van der Waals surface area contributed by atoms with Crippen molar-refractivity contribution >= 4 is 23.5 Å². The van der Waals surface area contributed by atoms with Crippen LogP contribution in [0.1, 0.15) is 28.4 Å². The van der Waals surface area contributed by atoms with Crippen LogP contribution in [-0.2, 0) is 22.6 Å². The Labute approximate surface area is 179 Å². The number of ether oxygens (including phenoxy) is 1. The molecule has 0 heterocycles. The van der Waals surface area contributed by atoms with Gasteiger partial charge >= 0.3 is 5.97 Å². The molecule has 31 heavy (non-hydrogen) atoms. The summed E-state index contributed by atoms with van der Waals surface area (Å²) in [6, 6.07) is 19.3. The molecule has 0 bridgehead atoms. The molecule has 6 nitrogen and oxygen atoms in total. The molecule has 0 radical (unpaired) electrons. The predicted molar refractivity (Wildman–Crippen MR) is 114 cm³/mol. The van der Waals surface area contributed by atoms with Crippen molar-refractivity contribution in [1.29, 1.82) is 0 Å². The lowest BCUT2D eigenvalue weighted by atomic mass is 10.1. The summed E-state index contributed by atoms with van der Waals surface area (Å²) < 4.78 is 18.2. The molecule has 3 aromatic carbocycles. The SMILES string of the molecule is CC(=O)Oc1cccc(C(=O)NCc2cccc(NC(=O)Cc3cccc(F)c3)c2)c1. The first kappa shape index (κ1) is 21.7. The first-order valence-corrected chi connectivity index (χ1v) is 9.59. The van der Waals surface area contributed by atoms with Crippen LogP contribution in [0.3, 0.4) is 0 Å². The number of benzene rings is 3. The Bertz CT molecular complexity index is 1110. The molecular formula is C24H21FN2O4. The number of carbonyl (C=O) groups is 3. The van der Waals surface area contributed by atoms with Gasteiger partial charge in [-0.2, -0.15) is 0 Å². The number of hydrogen-bond donors (Lipinski definition) is 2. The Kier molecular flexibility index (Phi) is 7.11. The van der Waals surface area contributed by atoms with Crippen LogP contribution < -0.4 is 15.4 Å². The molecule has 0 aromatic heterocycles. The second-order valence-corrected chi connectivity index (χ2v) is 6.86. The number of halogens is 1. The summed E-state index contributed by atoms with van der Waals surface area (Å²) in [6.07, 6.45) is 0.0530. The van der Waals surface area contributed by atoms with E-state index in [1.807, 2.05) is 6.07 Å². The predicted octanol–water partition coefficient (Wildman–Crippen LogP) is 3.86. The fourth-order valence-electron chi connectivity index (χ4n) is 2.95. The molecule has 2 N–H and O–H groups in total. The lowest BCUT2D eigenvalue weighted by molar-refractivity contribution is -0.131. The molecule has 3 rings (SSSR count).